The summed E-state index contributed by atoms with van der Waals surface area (Å²) < 4.78 is 0. The molecule has 0 bridgehead atoms. The van der Waals surface area contributed by atoms with E-state index in [9.17, 15) is 4.79 Å². The predicted octanol–water partition coefficient (Wildman–Crippen LogP) is 4.00. The number of nitrogens with one attached hydrogen (secondary N) is 2. The molecule has 2 atom stereocenters. The fourth-order valence-corrected chi connectivity index (χ4v) is 4.04. The van der Waals surface area contributed by atoms with Gasteiger partial charge in [0.1, 0.15) is 12.1 Å². The molecule has 1 aliphatic carbocycles. The Morgan fingerprint density at radius 1 is 1.06 bits per heavy atom. The van der Waals surface area contributed by atoms with Crippen LogP contribution in [0.2, 0.25) is 0 Å². The Balaban J connectivity index is 1.41. The second kappa shape index (κ2) is 9.89. The van der Waals surface area contributed by atoms with Crippen LogP contribution in [0, 0.1) is 0 Å². The molecule has 7 nitrogen and oxygen atoms in total. The van der Waals surface area contributed by atoms with Gasteiger partial charge in [-0.15, -0.1) is 11.8 Å². The molecule has 2 aromatic heterocycles. The Morgan fingerprint density at radius 3 is 2.58 bits per heavy atom. The first-order chi connectivity index (χ1) is 15.1. The zero-order chi connectivity index (χ0) is 21.6. The minimum atomic E-state index is -0.0839. The van der Waals surface area contributed by atoms with E-state index in [0.717, 1.165) is 47.7 Å². The summed E-state index contributed by atoms with van der Waals surface area (Å²) in [4.78, 5) is 25.6. The Kier molecular flexibility index (Phi) is 6.79. The molecule has 1 amide bonds. The lowest BCUT2D eigenvalue weighted by Crippen LogP contribution is -2.49. The molecule has 1 fully saturated rings. The lowest BCUT2D eigenvalue weighted by molar-refractivity contribution is 0.0921. The lowest BCUT2D eigenvalue weighted by atomic mass is 9.91. The van der Waals surface area contributed by atoms with Crippen molar-refractivity contribution in [3.05, 3.63) is 60.6 Å². The summed E-state index contributed by atoms with van der Waals surface area (Å²) >= 11 is 1.60. The van der Waals surface area contributed by atoms with E-state index in [1.165, 1.54) is 6.33 Å². The summed E-state index contributed by atoms with van der Waals surface area (Å²) in [7, 11) is 0. The van der Waals surface area contributed by atoms with E-state index >= 15 is 0 Å². The Labute approximate surface area is 186 Å². The minimum absolute atomic E-state index is 0.0396. The van der Waals surface area contributed by atoms with Gasteiger partial charge in [0.05, 0.1) is 10.7 Å². The number of anilines is 2. The molecule has 4 rings (SSSR count). The number of nitrogens with zero attached hydrogens (tertiary/aromatic N) is 3. The molecule has 160 valence electrons. The van der Waals surface area contributed by atoms with Gasteiger partial charge < -0.3 is 16.4 Å². The number of rotatable bonds is 6. The number of pyridine rings is 1. The van der Waals surface area contributed by atoms with Crippen LogP contribution in [-0.4, -0.2) is 39.2 Å². The number of hydrogen-bond acceptors (Lipinski definition) is 7. The van der Waals surface area contributed by atoms with Gasteiger partial charge in [-0.05, 0) is 55.5 Å². The van der Waals surface area contributed by atoms with Gasteiger partial charge in [-0.25, -0.2) is 15.0 Å². The highest BCUT2D eigenvalue weighted by molar-refractivity contribution is 7.98. The molecule has 0 spiro atoms. The van der Waals surface area contributed by atoms with Crippen molar-refractivity contribution in [2.24, 2.45) is 5.73 Å². The number of nitrogens with two attached hydrogens (primary N) is 1. The fourth-order valence-electron chi connectivity index (χ4n) is 3.68. The smallest absolute Gasteiger partial charge is 0.251 e. The highest BCUT2D eigenvalue weighted by atomic mass is 32.2. The topological polar surface area (TPSA) is 106 Å². The van der Waals surface area contributed by atoms with Gasteiger partial charge in [0.25, 0.3) is 5.91 Å². The SMILES string of the molecule is CSc1ccc(-c2cc(Nc3ccc(C(=O)N[C@@H]4CCCC[C@H]4N)cc3)ncn2)cn1. The summed E-state index contributed by atoms with van der Waals surface area (Å²) in [6, 6.07) is 13.3. The number of benzene rings is 1. The van der Waals surface area contributed by atoms with Crippen LogP contribution in [0.25, 0.3) is 11.3 Å². The molecule has 4 N–H and O–H groups in total. The van der Waals surface area contributed by atoms with E-state index in [2.05, 4.69) is 25.6 Å². The second-order valence-electron chi connectivity index (χ2n) is 7.61. The summed E-state index contributed by atoms with van der Waals surface area (Å²) in [6.07, 6.45) is 9.48. The largest absolute Gasteiger partial charge is 0.348 e. The number of thioether (sulfide) groups is 1. The third-order valence-electron chi connectivity index (χ3n) is 5.46. The molecule has 1 aliphatic rings. The molecule has 0 radical (unpaired) electrons. The standard InChI is InChI=1S/C23H26N6OS/c1-31-22-11-8-16(13-25-22)20-12-21(27-14-26-20)28-17-9-6-15(7-10-17)23(30)29-19-5-3-2-4-18(19)24/h6-14,18-19H,2-5,24H2,1H3,(H,29,30)(H,26,27,28)/t18-,19-/m1/s1. The normalized spacial score (nSPS) is 18.4. The number of hydrogen-bond donors (Lipinski definition) is 3. The van der Waals surface area contributed by atoms with Crippen molar-refractivity contribution in [1.29, 1.82) is 0 Å². The van der Waals surface area contributed by atoms with Gasteiger partial charge in [-0.2, -0.15) is 0 Å². The summed E-state index contributed by atoms with van der Waals surface area (Å²) in [5.41, 5.74) is 9.32. The van der Waals surface area contributed by atoms with E-state index in [0.29, 0.717) is 11.4 Å². The highest BCUT2D eigenvalue weighted by Crippen LogP contribution is 2.23. The van der Waals surface area contributed by atoms with E-state index in [-0.39, 0.29) is 18.0 Å². The molecule has 0 aliphatic heterocycles. The zero-order valence-corrected chi connectivity index (χ0v) is 18.2. The van der Waals surface area contributed by atoms with Crippen LogP contribution in [0.3, 0.4) is 0 Å². The second-order valence-corrected chi connectivity index (χ2v) is 8.43. The molecule has 8 heteroatoms. The van der Waals surface area contributed by atoms with Crippen molar-refractivity contribution in [2.45, 2.75) is 42.8 Å². The van der Waals surface area contributed by atoms with Crippen LogP contribution in [0.4, 0.5) is 11.5 Å². The maximum atomic E-state index is 12.6. The van der Waals surface area contributed by atoms with Gasteiger partial charge in [-0.3, -0.25) is 4.79 Å². The first-order valence-corrected chi connectivity index (χ1v) is 11.6. The number of carbonyl (C=O) groups is 1. The molecule has 31 heavy (non-hydrogen) atoms. The van der Waals surface area contributed by atoms with Gasteiger partial charge >= 0.3 is 0 Å². The van der Waals surface area contributed by atoms with Gasteiger partial charge in [0, 0.05) is 41.2 Å². The number of aromatic nitrogens is 3. The van der Waals surface area contributed by atoms with Crippen LogP contribution >= 0.6 is 11.8 Å². The van der Waals surface area contributed by atoms with Crippen molar-refractivity contribution in [3.63, 3.8) is 0 Å². The van der Waals surface area contributed by atoms with Crippen LogP contribution in [-0.2, 0) is 0 Å². The number of carbonyl (C=O) groups excluding carboxylic acids is 1. The third kappa shape index (κ3) is 5.39. The minimum Gasteiger partial charge on any atom is -0.348 e. The maximum absolute atomic E-state index is 12.6. The van der Waals surface area contributed by atoms with Crippen molar-refractivity contribution in [2.75, 3.05) is 11.6 Å². The molecule has 1 aromatic carbocycles. The van der Waals surface area contributed by atoms with Crippen molar-refractivity contribution >= 4 is 29.2 Å². The van der Waals surface area contributed by atoms with Crippen molar-refractivity contribution in [1.82, 2.24) is 20.3 Å². The van der Waals surface area contributed by atoms with E-state index in [1.807, 2.05) is 42.8 Å². The van der Waals surface area contributed by atoms with Crippen molar-refractivity contribution < 1.29 is 4.79 Å². The van der Waals surface area contributed by atoms with Gasteiger partial charge in [0.15, 0.2) is 0 Å². The molecular weight excluding hydrogens is 408 g/mol. The quantitative estimate of drug-likeness (QED) is 0.504. The summed E-state index contributed by atoms with van der Waals surface area (Å²) in [6.45, 7) is 0. The van der Waals surface area contributed by atoms with E-state index in [1.54, 1.807) is 23.9 Å². The Morgan fingerprint density at radius 2 is 1.87 bits per heavy atom. The van der Waals surface area contributed by atoms with Gasteiger partial charge in [0.2, 0.25) is 0 Å². The van der Waals surface area contributed by atoms with Crippen LogP contribution in [0.5, 0.6) is 0 Å². The maximum Gasteiger partial charge on any atom is 0.251 e. The first-order valence-electron chi connectivity index (χ1n) is 10.4. The molecule has 2 heterocycles. The predicted molar refractivity (Wildman–Crippen MR) is 124 cm³/mol. The van der Waals surface area contributed by atoms with E-state index in [4.69, 9.17) is 5.73 Å². The van der Waals surface area contributed by atoms with Crippen LogP contribution in [0.15, 0.2) is 60.0 Å². The number of amides is 1. The molecule has 0 unspecified atom stereocenters. The van der Waals surface area contributed by atoms with Crippen LogP contribution in [0.1, 0.15) is 36.0 Å². The summed E-state index contributed by atoms with van der Waals surface area (Å²) in [5, 5.41) is 7.30. The third-order valence-corrected chi connectivity index (χ3v) is 6.12. The van der Waals surface area contributed by atoms with Crippen molar-refractivity contribution in [3.8, 4) is 11.3 Å². The molecular formula is C23H26N6OS. The average Bonchev–Trinajstić information content (AvgIpc) is 2.81. The van der Waals surface area contributed by atoms with Gasteiger partial charge in [-0.1, -0.05) is 12.8 Å². The first kappa shape index (κ1) is 21.3. The molecule has 0 saturated heterocycles. The zero-order valence-electron chi connectivity index (χ0n) is 17.4. The average molecular weight is 435 g/mol. The Hall–Kier alpha value is -2.97. The molecule has 1 saturated carbocycles. The fraction of sp³-hybridized carbons (Fsp3) is 0.304. The lowest BCUT2D eigenvalue weighted by Gasteiger charge is -2.29. The Bertz CT molecular complexity index is 1020. The van der Waals surface area contributed by atoms with Crippen LogP contribution < -0.4 is 16.4 Å². The monoisotopic (exact) mass is 434 g/mol. The summed E-state index contributed by atoms with van der Waals surface area (Å²) in [5.74, 6) is 0.587. The van der Waals surface area contributed by atoms with E-state index < -0.39 is 0 Å². The highest BCUT2D eigenvalue weighted by Gasteiger charge is 2.23. The molecule has 3 aromatic rings.